The lowest BCUT2D eigenvalue weighted by atomic mass is 10.1. The Balaban J connectivity index is 1.84. The quantitative estimate of drug-likeness (QED) is 0.518. The second-order valence-electron chi connectivity index (χ2n) is 5.87. The third kappa shape index (κ3) is 2.81. The summed E-state index contributed by atoms with van der Waals surface area (Å²) >= 11 is 3.50. The minimum atomic E-state index is -3.60. The Hall–Kier alpha value is -2.31. The van der Waals surface area contributed by atoms with Gasteiger partial charge in [-0.05, 0) is 48.5 Å². The summed E-state index contributed by atoms with van der Waals surface area (Å²) in [6.07, 6.45) is 0. The van der Waals surface area contributed by atoms with E-state index in [2.05, 4.69) is 25.2 Å². The van der Waals surface area contributed by atoms with E-state index in [1.807, 2.05) is 37.4 Å². The summed E-state index contributed by atoms with van der Waals surface area (Å²) in [5, 5.41) is 2.08. The lowest BCUT2D eigenvalue weighted by Crippen LogP contribution is -2.12. The molecular weight excluding hydrogens is 400 g/mol. The molecule has 25 heavy (non-hydrogen) atoms. The molecule has 0 bridgehead atoms. The van der Waals surface area contributed by atoms with Crippen LogP contribution in [-0.2, 0) is 17.1 Å². The van der Waals surface area contributed by atoms with E-state index in [-0.39, 0.29) is 4.90 Å². The van der Waals surface area contributed by atoms with Gasteiger partial charge in [-0.2, -0.15) is 0 Å². The Bertz CT molecular complexity index is 1200. The molecule has 126 valence electrons. The summed E-state index contributed by atoms with van der Waals surface area (Å²) in [6, 6.07) is 20.1. The van der Waals surface area contributed by atoms with Crippen molar-refractivity contribution >= 4 is 53.4 Å². The molecule has 0 fully saturated rings. The highest BCUT2D eigenvalue weighted by Gasteiger charge is 2.15. The second-order valence-corrected chi connectivity index (χ2v) is 8.47. The van der Waals surface area contributed by atoms with Crippen molar-refractivity contribution in [1.29, 1.82) is 0 Å². The molecule has 0 aliphatic carbocycles. The number of fused-ring (bicyclic) bond motifs is 3. The molecule has 3 aromatic carbocycles. The van der Waals surface area contributed by atoms with E-state index >= 15 is 0 Å². The Kier molecular flexibility index (Phi) is 3.81. The summed E-state index contributed by atoms with van der Waals surface area (Å²) in [5.41, 5.74) is 2.70. The molecular formula is C19H15BrN2O2S. The first kappa shape index (κ1) is 16.2. The molecule has 0 amide bonds. The first-order chi connectivity index (χ1) is 12.0. The molecule has 0 saturated carbocycles. The number of aryl methyl sites for hydroxylation is 1. The number of nitrogens with zero attached hydrogens (tertiary/aromatic N) is 1. The average molecular weight is 415 g/mol. The first-order valence-electron chi connectivity index (χ1n) is 7.71. The molecule has 1 N–H and O–H groups in total. The van der Waals surface area contributed by atoms with Gasteiger partial charge in [0.05, 0.1) is 4.90 Å². The summed E-state index contributed by atoms with van der Waals surface area (Å²) in [6.45, 7) is 0. The van der Waals surface area contributed by atoms with Gasteiger partial charge in [0.25, 0.3) is 10.0 Å². The molecule has 4 aromatic rings. The Labute approximate surface area is 154 Å². The number of benzene rings is 3. The highest BCUT2D eigenvalue weighted by Crippen LogP contribution is 2.32. The molecule has 0 atom stereocenters. The van der Waals surface area contributed by atoms with Gasteiger partial charge in [-0.1, -0.05) is 34.1 Å². The minimum absolute atomic E-state index is 0.246. The van der Waals surface area contributed by atoms with Crippen molar-refractivity contribution in [3.63, 3.8) is 0 Å². The van der Waals surface area contributed by atoms with Crippen LogP contribution in [0.5, 0.6) is 0 Å². The third-order valence-electron chi connectivity index (χ3n) is 4.27. The fourth-order valence-electron chi connectivity index (χ4n) is 3.07. The van der Waals surface area contributed by atoms with E-state index in [4.69, 9.17) is 0 Å². The van der Waals surface area contributed by atoms with Crippen LogP contribution in [-0.4, -0.2) is 13.0 Å². The number of hydrogen-bond acceptors (Lipinski definition) is 2. The summed E-state index contributed by atoms with van der Waals surface area (Å²) in [5.74, 6) is 0. The highest BCUT2D eigenvalue weighted by atomic mass is 79.9. The molecule has 0 aliphatic heterocycles. The van der Waals surface area contributed by atoms with Crippen molar-refractivity contribution in [2.24, 2.45) is 7.05 Å². The number of sulfonamides is 1. The van der Waals surface area contributed by atoms with Crippen LogP contribution in [0.15, 0.2) is 76.1 Å². The van der Waals surface area contributed by atoms with Gasteiger partial charge in [-0.3, -0.25) is 4.72 Å². The van der Waals surface area contributed by atoms with E-state index in [1.54, 1.807) is 36.4 Å². The third-order valence-corrected chi connectivity index (χ3v) is 6.16. The van der Waals surface area contributed by atoms with E-state index in [0.29, 0.717) is 5.69 Å². The van der Waals surface area contributed by atoms with Gasteiger partial charge in [0.15, 0.2) is 0 Å². The maximum absolute atomic E-state index is 12.5. The summed E-state index contributed by atoms with van der Waals surface area (Å²) < 4.78 is 30.8. The van der Waals surface area contributed by atoms with Gasteiger partial charge in [-0.15, -0.1) is 0 Å². The highest BCUT2D eigenvalue weighted by molar-refractivity contribution is 9.10. The molecule has 0 spiro atoms. The molecule has 0 radical (unpaired) electrons. The lowest BCUT2D eigenvalue weighted by molar-refractivity contribution is 0.601. The maximum Gasteiger partial charge on any atom is 0.261 e. The molecule has 0 unspecified atom stereocenters. The molecule has 1 heterocycles. The number of aromatic nitrogens is 1. The van der Waals surface area contributed by atoms with Gasteiger partial charge in [0.2, 0.25) is 0 Å². The van der Waals surface area contributed by atoms with Crippen LogP contribution in [0.25, 0.3) is 21.8 Å². The van der Waals surface area contributed by atoms with Crippen molar-refractivity contribution in [3.8, 4) is 0 Å². The topological polar surface area (TPSA) is 51.1 Å². The number of hydrogen-bond donors (Lipinski definition) is 1. The van der Waals surface area contributed by atoms with Crippen molar-refractivity contribution in [3.05, 3.63) is 71.2 Å². The van der Waals surface area contributed by atoms with Gasteiger partial charge in [0.1, 0.15) is 0 Å². The van der Waals surface area contributed by atoms with Crippen LogP contribution < -0.4 is 4.72 Å². The van der Waals surface area contributed by atoms with E-state index < -0.39 is 10.0 Å². The van der Waals surface area contributed by atoms with Crippen LogP contribution >= 0.6 is 15.9 Å². The van der Waals surface area contributed by atoms with Crippen molar-refractivity contribution < 1.29 is 8.42 Å². The first-order valence-corrected chi connectivity index (χ1v) is 9.99. The van der Waals surface area contributed by atoms with E-state index in [1.165, 1.54) is 0 Å². The largest absolute Gasteiger partial charge is 0.344 e. The van der Waals surface area contributed by atoms with Crippen molar-refractivity contribution in [1.82, 2.24) is 4.57 Å². The fraction of sp³-hybridized carbons (Fsp3) is 0.0526. The SMILES string of the molecule is Cn1c2ccc(Br)cc2c2cc(NS(=O)(=O)c3ccccc3)ccc21. The molecule has 4 rings (SSSR count). The van der Waals surface area contributed by atoms with Crippen LogP contribution in [0, 0.1) is 0 Å². The van der Waals surface area contributed by atoms with Crippen molar-refractivity contribution in [2.45, 2.75) is 4.90 Å². The van der Waals surface area contributed by atoms with Gasteiger partial charge in [-0.25, -0.2) is 8.42 Å². The maximum atomic E-state index is 12.5. The normalized spacial score (nSPS) is 11.9. The standard InChI is InChI=1S/C19H15BrN2O2S/c1-22-18-9-7-13(20)11-16(18)17-12-14(8-10-19(17)22)21-25(23,24)15-5-3-2-4-6-15/h2-12,21H,1H3. The summed E-state index contributed by atoms with van der Waals surface area (Å²) in [4.78, 5) is 0.246. The Morgan fingerprint density at radius 2 is 1.52 bits per heavy atom. The Morgan fingerprint density at radius 3 is 2.24 bits per heavy atom. The van der Waals surface area contributed by atoms with Gasteiger partial charge < -0.3 is 4.57 Å². The molecule has 0 saturated heterocycles. The molecule has 6 heteroatoms. The minimum Gasteiger partial charge on any atom is -0.344 e. The smallest absolute Gasteiger partial charge is 0.261 e. The van der Waals surface area contributed by atoms with Crippen molar-refractivity contribution in [2.75, 3.05) is 4.72 Å². The number of rotatable bonds is 3. The van der Waals surface area contributed by atoms with Crippen LogP contribution in [0.2, 0.25) is 0 Å². The molecule has 0 aliphatic rings. The van der Waals surface area contributed by atoms with Crippen LogP contribution in [0.1, 0.15) is 0 Å². The molecule has 4 nitrogen and oxygen atoms in total. The predicted octanol–water partition coefficient (Wildman–Crippen LogP) is 4.89. The number of halogens is 1. The predicted molar refractivity (Wildman–Crippen MR) is 105 cm³/mol. The van der Waals surface area contributed by atoms with E-state index in [9.17, 15) is 8.42 Å². The average Bonchev–Trinajstić information content (AvgIpc) is 2.87. The zero-order chi connectivity index (χ0) is 17.6. The molecule has 1 aromatic heterocycles. The zero-order valence-electron chi connectivity index (χ0n) is 13.4. The van der Waals surface area contributed by atoms with Gasteiger partial charge >= 0.3 is 0 Å². The monoisotopic (exact) mass is 414 g/mol. The zero-order valence-corrected chi connectivity index (χ0v) is 15.8. The number of nitrogens with one attached hydrogen (secondary N) is 1. The van der Waals surface area contributed by atoms with Gasteiger partial charge in [0, 0.05) is 39.0 Å². The number of anilines is 1. The summed E-state index contributed by atoms with van der Waals surface area (Å²) in [7, 11) is -1.60. The Morgan fingerprint density at radius 1 is 0.880 bits per heavy atom. The van der Waals surface area contributed by atoms with Crippen LogP contribution in [0.4, 0.5) is 5.69 Å². The fourth-order valence-corrected chi connectivity index (χ4v) is 4.50. The second kappa shape index (κ2) is 5.89. The lowest BCUT2D eigenvalue weighted by Gasteiger charge is -2.08. The van der Waals surface area contributed by atoms with E-state index in [0.717, 1.165) is 26.3 Å². The van der Waals surface area contributed by atoms with Crippen LogP contribution in [0.3, 0.4) is 0 Å².